The van der Waals surface area contributed by atoms with E-state index in [-0.39, 0.29) is 18.9 Å². The zero-order chi connectivity index (χ0) is 12.8. The fourth-order valence-electron chi connectivity index (χ4n) is 1.09. The molecular formula is C11H13NO5. The van der Waals surface area contributed by atoms with Crippen LogP contribution in [0.25, 0.3) is 0 Å². The van der Waals surface area contributed by atoms with Crippen LogP contribution in [0.15, 0.2) is 24.3 Å². The fraction of sp³-hybridized carbons (Fsp3) is 0.273. The van der Waals surface area contributed by atoms with Crippen LogP contribution in [0.4, 0.5) is 0 Å². The predicted molar refractivity (Wildman–Crippen MR) is 58.9 cm³/mol. The van der Waals surface area contributed by atoms with E-state index in [1.807, 2.05) is 0 Å². The second-order valence-electron chi connectivity index (χ2n) is 3.43. The molecule has 0 aliphatic carbocycles. The molecule has 0 saturated carbocycles. The van der Waals surface area contributed by atoms with E-state index >= 15 is 0 Å². The molecule has 0 saturated heterocycles. The lowest BCUT2D eigenvalue weighted by Gasteiger charge is -2.14. The normalized spacial score (nSPS) is 9.71. The second kappa shape index (κ2) is 5.74. The van der Waals surface area contributed by atoms with Crippen LogP contribution in [-0.2, 0) is 9.59 Å². The fourth-order valence-corrected chi connectivity index (χ4v) is 1.09. The van der Waals surface area contributed by atoms with Gasteiger partial charge in [-0.2, -0.15) is 0 Å². The van der Waals surface area contributed by atoms with Gasteiger partial charge in [-0.25, -0.2) is 0 Å². The van der Waals surface area contributed by atoms with Gasteiger partial charge in [-0.15, -0.1) is 0 Å². The summed E-state index contributed by atoms with van der Waals surface area (Å²) in [5.74, 6) is -0.975. The molecule has 0 heterocycles. The van der Waals surface area contributed by atoms with Crippen molar-refractivity contribution in [1.82, 2.24) is 4.90 Å². The zero-order valence-electron chi connectivity index (χ0n) is 9.29. The summed E-state index contributed by atoms with van der Waals surface area (Å²) in [6.07, 6.45) is 0. The lowest BCUT2D eigenvalue weighted by Crippen LogP contribution is -2.35. The number of likely N-dealkylation sites (N-methyl/N-ethyl adjacent to an activating group) is 1. The minimum absolute atomic E-state index is 0.103. The first-order valence-corrected chi connectivity index (χ1v) is 4.86. The Morgan fingerprint density at radius 1 is 1.29 bits per heavy atom. The molecular weight excluding hydrogens is 226 g/mol. The quantitative estimate of drug-likeness (QED) is 0.772. The Bertz CT molecular complexity index is 401. The van der Waals surface area contributed by atoms with Crippen molar-refractivity contribution >= 4 is 11.9 Å². The number of carboxylic acid groups (broad SMARTS) is 1. The van der Waals surface area contributed by atoms with Gasteiger partial charge in [0, 0.05) is 7.05 Å². The number of carbonyl (C=O) groups is 2. The number of amides is 1. The number of ether oxygens (including phenoxy) is 1. The predicted octanol–water partition coefficient (Wildman–Crippen LogP) is 0.314. The van der Waals surface area contributed by atoms with Crippen molar-refractivity contribution in [2.45, 2.75) is 0 Å². The lowest BCUT2D eigenvalue weighted by atomic mass is 10.3. The molecule has 92 valence electrons. The largest absolute Gasteiger partial charge is 0.508 e. The Morgan fingerprint density at radius 2 is 1.88 bits per heavy atom. The monoisotopic (exact) mass is 239 g/mol. The molecule has 0 unspecified atom stereocenters. The number of nitrogens with zero attached hydrogens (tertiary/aromatic N) is 1. The Kier molecular flexibility index (Phi) is 4.33. The first kappa shape index (κ1) is 12.8. The summed E-state index contributed by atoms with van der Waals surface area (Å²) < 4.78 is 5.13. The Hall–Kier alpha value is -2.24. The minimum atomic E-state index is -1.08. The van der Waals surface area contributed by atoms with Crippen LogP contribution in [0.1, 0.15) is 0 Å². The molecule has 0 spiro atoms. The average Bonchev–Trinajstić information content (AvgIpc) is 2.27. The van der Waals surface area contributed by atoms with Gasteiger partial charge in [0.15, 0.2) is 6.61 Å². The van der Waals surface area contributed by atoms with E-state index in [1.54, 1.807) is 0 Å². The molecule has 0 radical (unpaired) electrons. The number of aromatic hydroxyl groups is 1. The maximum atomic E-state index is 11.4. The molecule has 0 aliphatic heterocycles. The third kappa shape index (κ3) is 4.42. The van der Waals surface area contributed by atoms with Crippen molar-refractivity contribution < 1.29 is 24.5 Å². The van der Waals surface area contributed by atoms with Gasteiger partial charge >= 0.3 is 5.97 Å². The standard InChI is InChI=1S/C11H13NO5/c1-12(6-11(15)16)10(14)7-17-9-4-2-8(13)3-5-9/h2-5,13H,6-7H2,1H3,(H,15,16). The maximum absolute atomic E-state index is 11.4. The van der Waals surface area contributed by atoms with E-state index in [9.17, 15) is 9.59 Å². The van der Waals surface area contributed by atoms with Gasteiger partial charge < -0.3 is 19.8 Å². The third-order valence-corrected chi connectivity index (χ3v) is 2.00. The number of benzene rings is 1. The Balaban J connectivity index is 2.42. The molecule has 1 rings (SSSR count). The van der Waals surface area contributed by atoms with Crippen molar-refractivity contribution in [3.8, 4) is 11.5 Å². The highest BCUT2D eigenvalue weighted by atomic mass is 16.5. The smallest absolute Gasteiger partial charge is 0.323 e. The molecule has 0 aromatic heterocycles. The SMILES string of the molecule is CN(CC(=O)O)C(=O)COc1ccc(O)cc1. The van der Waals surface area contributed by atoms with Gasteiger partial charge in [-0.3, -0.25) is 9.59 Å². The van der Waals surface area contributed by atoms with Crippen LogP contribution in [-0.4, -0.2) is 47.2 Å². The van der Waals surface area contributed by atoms with Crippen LogP contribution < -0.4 is 4.74 Å². The van der Waals surface area contributed by atoms with E-state index in [1.165, 1.54) is 31.3 Å². The summed E-state index contributed by atoms with van der Waals surface area (Å²) in [5, 5.41) is 17.5. The Labute approximate surface area is 98.0 Å². The molecule has 1 aromatic carbocycles. The van der Waals surface area contributed by atoms with Gasteiger partial charge in [0.1, 0.15) is 18.0 Å². The van der Waals surface area contributed by atoms with Crippen LogP contribution >= 0.6 is 0 Å². The summed E-state index contributed by atoms with van der Waals surface area (Å²) >= 11 is 0. The molecule has 6 heteroatoms. The van der Waals surface area contributed by atoms with Crippen molar-refractivity contribution in [2.75, 3.05) is 20.2 Å². The van der Waals surface area contributed by atoms with Gasteiger partial charge in [0.25, 0.3) is 5.91 Å². The van der Waals surface area contributed by atoms with Crippen LogP contribution in [0.2, 0.25) is 0 Å². The van der Waals surface area contributed by atoms with Crippen molar-refractivity contribution in [1.29, 1.82) is 0 Å². The van der Waals surface area contributed by atoms with Crippen molar-refractivity contribution in [2.24, 2.45) is 0 Å². The maximum Gasteiger partial charge on any atom is 0.323 e. The number of carboxylic acids is 1. The summed E-state index contributed by atoms with van der Waals surface area (Å²) in [5.41, 5.74) is 0. The highest BCUT2D eigenvalue weighted by Gasteiger charge is 2.12. The highest BCUT2D eigenvalue weighted by Crippen LogP contribution is 2.15. The van der Waals surface area contributed by atoms with Gasteiger partial charge in [-0.05, 0) is 24.3 Å². The van der Waals surface area contributed by atoms with Gasteiger partial charge in [0.2, 0.25) is 0 Å². The first-order chi connectivity index (χ1) is 7.99. The minimum Gasteiger partial charge on any atom is -0.508 e. The van der Waals surface area contributed by atoms with E-state index in [0.717, 1.165) is 4.90 Å². The lowest BCUT2D eigenvalue weighted by molar-refractivity contribution is -0.144. The number of carbonyl (C=O) groups excluding carboxylic acids is 1. The molecule has 0 atom stereocenters. The Morgan fingerprint density at radius 3 is 2.41 bits per heavy atom. The summed E-state index contributed by atoms with van der Waals surface area (Å²) in [6.45, 7) is -0.605. The van der Waals surface area contributed by atoms with Gasteiger partial charge in [0.05, 0.1) is 0 Å². The van der Waals surface area contributed by atoms with Crippen LogP contribution in [0.5, 0.6) is 11.5 Å². The molecule has 2 N–H and O–H groups in total. The van der Waals surface area contributed by atoms with Crippen LogP contribution in [0.3, 0.4) is 0 Å². The summed E-state index contributed by atoms with van der Waals surface area (Å²) in [4.78, 5) is 22.8. The zero-order valence-corrected chi connectivity index (χ0v) is 9.29. The van der Waals surface area contributed by atoms with Crippen LogP contribution in [0, 0.1) is 0 Å². The van der Waals surface area contributed by atoms with Gasteiger partial charge in [-0.1, -0.05) is 0 Å². The van der Waals surface area contributed by atoms with Crippen molar-refractivity contribution in [3.63, 3.8) is 0 Å². The highest BCUT2D eigenvalue weighted by molar-refractivity contribution is 5.82. The number of rotatable bonds is 5. The van der Waals surface area contributed by atoms with E-state index in [4.69, 9.17) is 14.9 Å². The topological polar surface area (TPSA) is 87.1 Å². The molecule has 6 nitrogen and oxygen atoms in total. The molecule has 0 aliphatic rings. The third-order valence-electron chi connectivity index (χ3n) is 2.00. The average molecular weight is 239 g/mol. The summed E-state index contributed by atoms with van der Waals surface area (Å²) in [6, 6.07) is 5.89. The van der Waals surface area contributed by atoms with Crippen molar-refractivity contribution in [3.05, 3.63) is 24.3 Å². The molecule has 0 fully saturated rings. The van der Waals surface area contributed by atoms with E-state index in [0.29, 0.717) is 5.75 Å². The number of phenolic OH excluding ortho intramolecular Hbond substituents is 1. The first-order valence-electron chi connectivity index (χ1n) is 4.86. The van der Waals surface area contributed by atoms with E-state index < -0.39 is 11.9 Å². The number of hydrogen-bond acceptors (Lipinski definition) is 4. The molecule has 17 heavy (non-hydrogen) atoms. The molecule has 0 bridgehead atoms. The number of aliphatic carboxylic acids is 1. The number of hydrogen-bond donors (Lipinski definition) is 2. The molecule has 1 amide bonds. The number of phenols is 1. The van der Waals surface area contributed by atoms with E-state index in [2.05, 4.69) is 0 Å². The second-order valence-corrected chi connectivity index (χ2v) is 3.43. The summed E-state index contributed by atoms with van der Waals surface area (Å²) in [7, 11) is 1.39. The molecule has 1 aromatic rings.